The van der Waals surface area contributed by atoms with Crippen molar-refractivity contribution in [2.45, 2.75) is 45.8 Å². The minimum Gasteiger partial charge on any atom is -0.377 e. The molecule has 1 aliphatic heterocycles. The minimum absolute atomic E-state index is 0.492. The van der Waals surface area contributed by atoms with Gasteiger partial charge >= 0.3 is 0 Å². The van der Waals surface area contributed by atoms with Crippen molar-refractivity contribution in [1.82, 2.24) is 4.90 Å². The largest absolute Gasteiger partial charge is 0.377 e. The summed E-state index contributed by atoms with van der Waals surface area (Å²) in [6.45, 7) is 9.83. The molecule has 2 nitrogen and oxygen atoms in total. The zero-order valence-electron chi connectivity index (χ0n) is 8.55. The number of likely N-dealkylation sites (tertiary alicyclic amines) is 1. The average molecular weight is 171 g/mol. The second kappa shape index (κ2) is 4.83. The highest BCUT2D eigenvalue weighted by molar-refractivity contribution is 4.75. The first kappa shape index (κ1) is 10.0. The number of piperidine rings is 1. The molecule has 1 aliphatic rings. The molecule has 0 radical (unpaired) electrons. The van der Waals surface area contributed by atoms with Crippen LogP contribution >= 0.6 is 0 Å². The molecule has 0 saturated carbocycles. The van der Waals surface area contributed by atoms with Crippen molar-refractivity contribution in [3.05, 3.63) is 0 Å². The van der Waals surface area contributed by atoms with Crippen molar-refractivity contribution in [1.29, 1.82) is 0 Å². The Morgan fingerprint density at radius 3 is 2.83 bits per heavy atom. The van der Waals surface area contributed by atoms with Crippen LogP contribution in [0.5, 0.6) is 0 Å². The lowest BCUT2D eigenvalue weighted by Gasteiger charge is -2.35. The van der Waals surface area contributed by atoms with E-state index >= 15 is 0 Å². The molecule has 0 aromatic carbocycles. The molecule has 1 fully saturated rings. The van der Waals surface area contributed by atoms with Gasteiger partial charge in [-0.1, -0.05) is 0 Å². The molecule has 1 heterocycles. The molecule has 0 N–H and O–H groups in total. The highest BCUT2D eigenvalue weighted by Gasteiger charge is 2.21. The third-order valence-corrected chi connectivity index (χ3v) is 2.54. The summed E-state index contributed by atoms with van der Waals surface area (Å²) in [6, 6.07) is 0.674. The van der Waals surface area contributed by atoms with Crippen molar-refractivity contribution in [3.63, 3.8) is 0 Å². The Labute approximate surface area is 75.9 Å². The molecule has 1 saturated heterocycles. The summed E-state index contributed by atoms with van der Waals surface area (Å²) in [5.74, 6) is 0. The van der Waals surface area contributed by atoms with E-state index in [-0.39, 0.29) is 0 Å². The van der Waals surface area contributed by atoms with Gasteiger partial charge < -0.3 is 4.74 Å². The normalized spacial score (nSPS) is 26.5. The second-order valence-corrected chi connectivity index (χ2v) is 3.81. The van der Waals surface area contributed by atoms with Gasteiger partial charge in [0.1, 0.15) is 0 Å². The average Bonchev–Trinajstić information content (AvgIpc) is 2.05. The SMILES string of the molecule is CCOC1CCCN(C(C)C)C1. The van der Waals surface area contributed by atoms with Crippen molar-refractivity contribution < 1.29 is 4.74 Å². The van der Waals surface area contributed by atoms with Crippen LogP contribution in [0.25, 0.3) is 0 Å². The molecule has 0 spiro atoms. The first-order valence-corrected chi connectivity index (χ1v) is 5.09. The van der Waals surface area contributed by atoms with E-state index in [1.807, 2.05) is 0 Å². The summed E-state index contributed by atoms with van der Waals surface area (Å²) >= 11 is 0. The fourth-order valence-corrected chi connectivity index (χ4v) is 1.81. The Bertz CT molecular complexity index is 123. The van der Waals surface area contributed by atoms with Gasteiger partial charge in [-0.3, -0.25) is 4.90 Å². The van der Waals surface area contributed by atoms with E-state index in [0.29, 0.717) is 12.1 Å². The zero-order valence-corrected chi connectivity index (χ0v) is 8.55. The van der Waals surface area contributed by atoms with Gasteiger partial charge in [0.25, 0.3) is 0 Å². The smallest absolute Gasteiger partial charge is 0.0702 e. The number of ether oxygens (including phenoxy) is 1. The molecule has 0 aromatic heterocycles. The third-order valence-electron chi connectivity index (χ3n) is 2.54. The first-order valence-electron chi connectivity index (χ1n) is 5.09. The predicted octanol–water partition coefficient (Wildman–Crippen LogP) is 1.90. The highest BCUT2D eigenvalue weighted by atomic mass is 16.5. The molecule has 0 aromatic rings. The summed E-state index contributed by atoms with van der Waals surface area (Å²) in [5, 5.41) is 0. The molecule has 1 atom stereocenters. The Morgan fingerprint density at radius 2 is 2.25 bits per heavy atom. The molecule has 1 rings (SSSR count). The predicted molar refractivity (Wildman–Crippen MR) is 51.4 cm³/mol. The Balaban J connectivity index is 2.30. The van der Waals surface area contributed by atoms with E-state index in [4.69, 9.17) is 4.74 Å². The van der Waals surface area contributed by atoms with Crippen LogP contribution in [0.1, 0.15) is 33.6 Å². The second-order valence-electron chi connectivity index (χ2n) is 3.81. The molecule has 0 aliphatic carbocycles. The number of hydrogen-bond donors (Lipinski definition) is 0. The number of nitrogens with zero attached hydrogens (tertiary/aromatic N) is 1. The maximum absolute atomic E-state index is 5.62. The summed E-state index contributed by atoms with van der Waals surface area (Å²) in [7, 11) is 0. The lowest BCUT2D eigenvalue weighted by Crippen LogP contribution is -2.43. The molecule has 1 unspecified atom stereocenters. The third kappa shape index (κ3) is 2.76. The standard InChI is InChI=1S/C10H21NO/c1-4-12-10-6-5-7-11(8-10)9(2)3/h9-10H,4-8H2,1-3H3. The lowest BCUT2D eigenvalue weighted by atomic mass is 10.1. The van der Waals surface area contributed by atoms with Crippen LogP contribution in [0.15, 0.2) is 0 Å². The van der Waals surface area contributed by atoms with Crippen molar-refractivity contribution in [3.8, 4) is 0 Å². The quantitative estimate of drug-likeness (QED) is 0.643. The van der Waals surface area contributed by atoms with E-state index in [1.165, 1.54) is 19.4 Å². The van der Waals surface area contributed by atoms with E-state index in [2.05, 4.69) is 25.7 Å². The van der Waals surface area contributed by atoms with Gasteiger partial charge in [-0.2, -0.15) is 0 Å². The Morgan fingerprint density at radius 1 is 1.50 bits per heavy atom. The number of hydrogen-bond acceptors (Lipinski definition) is 2. The Kier molecular flexibility index (Phi) is 4.02. The van der Waals surface area contributed by atoms with Crippen LogP contribution in [0.4, 0.5) is 0 Å². The fraction of sp³-hybridized carbons (Fsp3) is 1.00. The van der Waals surface area contributed by atoms with Crippen LogP contribution in [-0.2, 0) is 4.74 Å². The van der Waals surface area contributed by atoms with E-state index < -0.39 is 0 Å². The van der Waals surface area contributed by atoms with Crippen LogP contribution in [0, 0.1) is 0 Å². The van der Waals surface area contributed by atoms with Crippen LogP contribution < -0.4 is 0 Å². The van der Waals surface area contributed by atoms with Gasteiger partial charge in [-0.15, -0.1) is 0 Å². The summed E-state index contributed by atoms with van der Waals surface area (Å²) in [5.41, 5.74) is 0. The zero-order chi connectivity index (χ0) is 8.97. The summed E-state index contributed by atoms with van der Waals surface area (Å²) < 4.78 is 5.62. The van der Waals surface area contributed by atoms with Crippen LogP contribution in [0.2, 0.25) is 0 Å². The van der Waals surface area contributed by atoms with Gasteiger partial charge in [-0.05, 0) is 40.2 Å². The summed E-state index contributed by atoms with van der Waals surface area (Å²) in [6.07, 6.45) is 3.03. The maximum Gasteiger partial charge on any atom is 0.0702 e. The highest BCUT2D eigenvalue weighted by Crippen LogP contribution is 2.14. The Hall–Kier alpha value is -0.0800. The summed E-state index contributed by atoms with van der Waals surface area (Å²) in [4.78, 5) is 2.50. The van der Waals surface area contributed by atoms with Gasteiger partial charge in [0.2, 0.25) is 0 Å². The fourth-order valence-electron chi connectivity index (χ4n) is 1.81. The van der Waals surface area contributed by atoms with Crippen molar-refractivity contribution in [2.24, 2.45) is 0 Å². The van der Waals surface area contributed by atoms with Crippen LogP contribution in [-0.4, -0.2) is 36.7 Å². The molecule has 12 heavy (non-hydrogen) atoms. The molecule has 0 bridgehead atoms. The maximum atomic E-state index is 5.62. The molecule has 2 heteroatoms. The molecular formula is C10H21NO. The van der Waals surface area contributed by atoms with Crippen molar-refractivity contribution >= 4 is 0 Å². The molecule has 0 amide bonds. The lowest BCUT2D eigenvalue weighted by molar-refractivity contribution is -0.00282. The monoisotopic (exact) mass is 171 g/mol. The van der Waals surface area contributed by atoms with Gasteiger partial charge in [-0.25, -0.2) is 0 Å². The van der Waals surface area contributed by atoms with E-state index in [9.17, 15) is 0 Å². The molecular weight excluding hydrogens is 150 g/mol. The minimum atomic E-state index is 0.492. The molecule has 72 valence electrons. The van der Waals surface area contributed by atoms with E-state index in [1.54, 1.807) is 0 Å². The number of rotatable bonds is 3. The topological polar surface area (TPSA) is 12.5 Å². The van der Waals surface area contributed by atoms with Gasteiger partial charge in [0.15, 0.2) is 0 Å². The van der Waals surface area contributed by atoms with Gasteiger partial charge in [0.05, 0.1) is 6.10 Å². The van der Waals surface area contributed by atoms with Gasteiger partial charge in [0, 0.05) is 19.2 Å². The van der Waals surface area contributed by atoms with Crippen LogP contribution in [0.3, 0.4) is 0 Å². The van der Waals surface area contributed by atoms with Crippen molar-refractivity contribution in [2.75, 3.05) is 19.7 Å². The first-order chi connectivity index (χ1) is 5.74. The van der Waals surface area contributed by atoms with E-state index in [0.717, 1.165) is 13.2 Å².